The maximum absolute atomic E-state index is 13.7. The van der Waals surface area contributed by atoms with E-state index in [1.165, 1.54) is 6.07 Å². The maximum Gasteiger partial charge on any atom is 0.132 e. The van der Waals surface area contributed by atoms with Crippen LogP contribution in [0.1, 0.15) is 23.5 Å². The number of hydrogen-bond acceptors (Lipinski definition) is 3. The van der Waals surface area contributed by atoms with Crippen LogP contribution >= 0.6 is 0 Å². The van der Waals surface area contributed by atoms with Crippen molar-refractivity contribution in [3.63, 3.8) is 0 Å². The van der Waals surface area contributed by atoms with Crippen molar-refractivity contribution < 1.29 is 13.9 Å². The van der Waals surface area contributed by atoms with Crippen molar-refractivity contribution in [1.82, 2.24) is 5.32 Å². The Hall–Kier alpha value is -1.13. The van der Waals surface area contributed by atoms with Gasteiger partial charge in [-0.05, 0) is 24.6 Å². The van der Waals surface area contributed by atoms with Gasteiger partial charge < -0.3 is 14.8 Å². The number of halogens is 1. The summed E-state index contributed by atoms with van der Waals surface area (Å²) in [5.41, 5.74) is 1.59. The summed E-state index contributed by atoms with van der Waals surface area (Å²) in [5, 5.41) is 3.31. The molecule has 0 radical (unpaired) electrons. The molecule has 0 amide bonds. The minimum atomic E-state index is -0.265. The van der Waals surface area contributed by atoms with E-state index >= 15 is 0 Å². The Labute approximate surface area is 101 Å². The molecule has 0 aromatic heterocycles. The summed E-state index contributed by atoms with van der Waals surface area (Å²) in [5.74, 6) is 0.778. The van der Waals surface area contributed by atoms with Gasteiger partial charge >= 0.3 is 0 Å². The predicted octanol–water partition coefficient (Wildman–Crippen LogP) is 2.06. The summed E-state index contributed by atoms with van der Waals surface area (Å²) in [6, 6.07) is 3.33. The molecule has 0 spiro atoms. The fourth-order valence-electron chi connectivity index (χ4n) is 2.38. The second-order valence-corrected chi connectivity index (χ2v) is 4.27. The highest BCUT2D eigenvalue weighted by atomic mass is 19.1. The smallest absolute Gasteiger partial charge is 0.132 e. The van der Waals surface area contributed by atoms with Gasteiger partial charge in [0.15, 0.2) is 0 Å². The topological polar surface area (TPSA) is 30.5 Å². The molecule has 1 heterocycles. The molecular formula is C13H18FNO2. The van der Waals surface area contributed by atoms with E-state index in [1.54, 1.807) is 14.2 Å². The standard InChI is InChI=1S/C13H18FNO2/c1-16-8-11-12(14)4-3-10(13(11)17-2)9-5-6-15-7-9/h3-4,9,15H,5-8H2,1-2H3. The summed E-state index contributed by atoms with van der Waals surface area (Å²) in [7, 11) is 3.14. The van der Waals surface area contributed by atoms with Crippen LogP contribution in [0.15, 0.2) is 12.1 Å². The Kier molecular flexibility index (Phi) is 3.97. The van der Waals surface area contributed by atoms with Crippen LogP contribution in [0.3, 0.4) is 0 Å². The lowest BCUT2D eigenvalue weighted by Gasteiger charge is -2.17. The Morgan fingerprint density at radius 1 is 1.41 bits per heavy atom. The van der Waals surface area contributed by atoms with Gasteiger partial charge in [-0.3, -0.25) is 0 Å². The summed E-state index contributed by atoms with van der Waals surface area (Å²) in [6.45, 7) is 2.17. The third-order valence-corrected chi connectivity index (χ3v) is 3.23. The number of benzene rings is 1. The molecule has 94 valence electrons. The molecule has 1 fully saturated rings. The normalized spacial score (nSPS) is 19.6. The van der Waals surface area contributed by atoms with Gasteiger partial charge in [-0.1, -0.05) is 6.07 Å². The summed E-state index contributed by atoms with van der Waals surface area (Å²) in [4.78, 5) is 0. The molecule has 1 aromatic carbocycles. The Bertz CT molecular complexity index is 389. The quantitative estimate of drug-likeness (QED) is 0.872. The molecule has 17 heavy (non-hydrogen) atoms. The zero-order valence-electron chi connectivity index (χ0n) is 10.3. The van der Waals surface area contributed by atoms with Gasteiger partial charge in [-0.15, -0.1) is 0 Å². The second kappa shape index (κ2) is 5.47. The van der Waals surface area contributed by atoms with E-state index in [2.05, 4.69) is 5.32 Å². The third kappa shape index (κ3) is 2.42. The van der Waals surface area contributed by atoms with Crippen LogP contribution in [0.5, 0.6) is 5.75 Å². The molecule has 0 aliphatic carbocycles. The Morgan fingerprint density at radius 3 is 2.82 bits per heavy atom. The lowest BCUT2D eigenvalue weighted by atomic mass is 9.95. The van der Waals surface area contributed by atoms with Crippen LogP contribution in [0.2, 0.25) is 0 Å². The fraction of sp³-hybridized carbons (Fsp3) is 0.538. The van der Waals surface area contributed by atoms with Crippen molar-refractivity contribution in [2.45, 2.75) is 18.9 Å². The Morgan fingerprint density at radius 2 is 2.24 bits per heavy atom. The highest BCUT2D eigenvalue weighted by Crippen LogP contribution is 2.35. The van der Waals surface area contributed by atoms with Gasteiger partial charge in [0, 0.05) is 19.6 Å². The summed E-state index contributed by atoms with van der Waals surface area (Å²) in [6.07, 6.45) is 1.06. The van der Waals surface area contributed by atoms with Crippen LogP contribution in [-0.2, 0) is 11.3 Å². The molecule has 1 N–H and O–H groups in total. The molecule has 0 bridgehead atoms. The molecule has 2 rings (SSSR count). The highest BCUT2D eigenvalue weighted by molar-refractivity contribution is 5.44. The first-order valence-electron chi connectivity index (χ1n) is 5.82. The van der Waals surface area contributed by atoms with E-state index in [-0.39, 0.29) is 12.4 Å². The summed E-state index contributed by atoms with van der Waals surface area (Å²) < 4.78 is 24.1. The minimum Gasteiger partial charge on any atom is -0.496 e. The van der Waals surface area contributed by atoms with Gasteiger partial charge in [-0.25, -0.2) is 4.39 Å². The lowest BCUT2D eigenvalue weighted by molar-refractivity contribution is 0.177. The Balaban J connectivity index is 2.40. The van der Waals surface area contributed by atoms with Crippen LogP contribution in [0.4, 0.5) is 4.39 Å². The maximum atomic E-state index is 13.7. The van der Waals surface area contributed by atoms with Crippen molar-refractivity contribution in [3.8, 4) is 5.75 Å². The van der Waals surface area contributed by atoms with E-state index in [4.69, 9.17) is 9.47 Å². The van der Waals surface area contributed by atoms with Gasteiger partial charge in [0.1, 0.15) is 11.6 Å². The van der Waals surface area contributed by atoms with Gasteiger partial charge in [0.25, 0.3) is 0 Å². The molecule has 0 saturated carbocycles. The average Bonchev–Trinajstić information content (AvgIpc) is 2.85. The van der Waals surface area contributed by atoms with Crippen LogP contribution < -0.4 is 10.1 Å². The van der Waals surface area contributed by atoms with E-state index < -0.39 is 0 Å². The fourth-order valence-corrected chi connectivity index (χ4v) is 2.38. The number of ether oxygens (including phenoxy) is 2. The molecular weight excluding hydrogens is 221 g/mol. The first-order valence-corrected chi connectivity index (χ1v) is 5.82. The van der Waals surface area contributed by atoms with Crippen molar-refractivity contribution in [3.05, 3.63) is 29.1 Å². The van der Waals surface area contributed by atoms with Gasteiger partial charge in [0.05, 0.1) is 19.3 Å². The largest absolute Gasteiger partial charge is 0.496 e. The summed E-state index contributed by atoms with van der Waals surface area (Å²) >= 11 is 0. The van der Waals surface area contributed by atoms with Crippen molar-refractivity contribution in [2.75, 3.05) is 27.3 Å². The van der Waals surface area contributed by atoms with E-state index in [0.717, 1.165) is 25.1 Å². The minimum absolute atomic E-state index is 0.239. The average molecular weight is 239 g/mol. The zero-order valence-corrected chi connectivity index (χ0v) is 10.3. The lowest BCUT2D eigenvalue weighted by Crippen LogP contribution is -2.10. The molecule has 4 heteroatoms. The molecule has 1 aliphatic heterocycles. The van der Waals surface area contributed by atoms with Crippen molar-refractivity contribution >= 4 is 0 Å². The van der Waals surface area contributed by atoms with E-state index in [9.17, 15) is 4.39 Å². The van der Waals surface area contributed by atoms with Crippen molar-refractivity contribution in [1.29, 1.82) is 0 Å². The van der Waals surface area contributed by atoms with Crippen molar-refractivity contribution in [2.24, 2.45) is 0 Å². The zero-order chi connectivity index (χ0) is 12.3. The number of hydrogen-bond donors (Lipinski definition) is 1. The molecule has 1 aromatic rings. The first kappa shape index (κ1) is 12.3. The molecule has 1 atom stereocenters. The van der Waals surface area contributed by atoms with Gasteiger partial charge in [-0.2, -0.15) is 0 Å². The monoisotopic (exact) mass is 239 g/mol. The highest BCUT2D eigenvalue weighted by Gasteiger charge is 2.23. The number of nitrogens with one attached hydrogen (secondary N) is 1. The first-order chi connectivity index (χ1) is 8.27. The number of rotatable bonds is 4. The van der Waals surface area contributed by atoms with Crippen LogP contribution in [-0.4, -0.2) is 27.3 Å². The molecule has 1 unspecified atom stereocenters. The van der Waals surface area contributed by atoms with Crippen LogP contribution in [0.25, 0.3) is 0 Å². The molecule has 1 saturated heterocycles. The van der Waals surface area contributed by atoms with E-state index in [0.29, 0.717) is 17.2 Å². The van der Waals surface area contributed by atoms with Gasteiger partial charge in [0.2, 0.25) is 0 Å². The SMILES string of the molecule is COCc1c(F)ccc(C2CCNC2)c1OC. The molecule has 3 nitrogen and oxygen atoms in total. The predicted molar refractivity (Wildman–Crippen MR) is 63.9 cm³/mol. The molecule has 1 aliphatic rings. The second-order valence-electron chi connectivity index (χ2n) is 4.27. The third-order valence-electron chi connectivity index (χ3n) is 3.23. The van der Waals surface area contributed by atoms with Crippen LogP contribution in [0, 0.1) is 5.82 Å². The van der Waals surface area contributed by atoms with E-state index in [1.807, 2.05) is 6.07 Å². The number of methoxy groups -OCH3 is 2.